The van der Waals surface area contributed by atoms with Crippen molar-refractivity contribution >= 4 is 29.6 Å². The van der Waals surface area contributed by atoms with E-state index in [4.69, 9.17) is 4.74 Å². The lowest BCUT2D eigenvalue weighted by atomic mass is 10.1. The average Bonchev–Trinajstić information content (AvgIpc) is 3.08. The van der Waals surface area contributed by atoms with Crippen LogP contribution in [-0.2, 0) is 16.1 Å². The standard InChI is InChI=1S/C26H22FN3O4/c1-17-6-8-18(9-7-17)15-30-25(32)22(29-26(30)33)14-19-4-2-3-5-23(19)34-16-24(31)28-21-12-10-20(27)11-13-21/h2-14H,15-16H2,1H3,(H,28,31)(H,29,33)/b22-14-. The third-order valence-electron chi connectivity index (χ3n) is 5.13. The maximum absolute atomic E-state index is 13.0. The first kappa shape index (κ1) is 22.7. The number of nitrogens with one attached hydrogen (secondary N) is 2. The predicted molar refractivity (Wildman–Crippen MR) is 125 cm³/mol. The van der Waals surface area contributed by atoms with Gasteiger partial charge < -0.3 is 15.4 Å². The molecule has 4 amide bonds. The summed E-state index contributed by atoms with van der Waals surface area (Å²) in [5.41, 5.74) is 3.01. The van der Waals surface area contributed by atoms with Crippen LogP contribution in [0.1, 0.15) is 16.7 Å². The van der Waals surface area contributed by atoms with Gasteiger partial charge >= 0.3 is 6.03 Å². The van der Waals surface area contributed by atoms with Crippen molar-refractivity contribution < 1.29 is 23.5 Å². The Morgan fingerprint density at radius 2 is 1.74 bits per heavy atom. The van der Waals surface area contributed by atoms with E-state index < -0.39 is 23.7 Å². The number of anilines is 1. The van der Waals surface area contributed by atoms with E-state index in [9.17, 15) is 18.8 Å². The second kappa shape index (κ2) is 9.99. The highest BCUT2D eigenvalue weighted by Crippen LogP contribution is 2.23. The third-order valence-corrected chi connectivity index (χ3v) is 5.13. The summed E-state index contributed by atoms with van der Waals surface area (Å²) in [4.78, 5) is 38.6. The number of carbonyl (C=O) groups excluding carboxylic acids is 3. The summed E-state index contributed by atoms with van der Waals surface area (Å²) in [6.45, 7) is 1.83. The molecule has 0 saturated carbocycles. The van der Waals surface area contributed by atoms with Crippen molar-refractivity contribution in [2.24, 2.45) is 0 Å². The van der Waals surface area contributed by atoms with Crippen LogP contribution >= 0.6 is 0 Å². The molecule has 0 spiro atoms. The number of para-hydroxylation sites is 1. The van der Waals surface area contributed by atoms with Gasteiger partial charge in [-0.1, -0.05) is 48.0 Å². The smallest absolute Gasteiger partial charge is 0.329 e. The molecule has 0 aliphatic carbocycles. The summed E-state index contributed by atoms with van der Waals surface area (Å²) in [7, 11) is 0. The number of hydrogen-bond donors (Lipinski definition) is 2. The fourth-order valence-corrected chi connectivity index (χ4v) is 3.35. The minimum Gasteiger partial charge on any atom is -0.483 e. The second-order valence-electron chi connectivity index (χ2n) is 7.75. The van der Waals surface area contributed by atoms with Gasteiger partial charge in [0.1, 0.15) is 17.3 Å². The van der Waals surface area contributed by atoms with E-state index in [1.54, 1.807) is 24.3 Å². The van der Waals surface area contributed by atoms with Gasteiger partial charge in [0.25, 0.3) is 11.8 Å². The molecule has 0 radical (unpaired) electrons. The molecule has 8 heteroatoms. The van der Waals surface area contributed by atoms with Crippen LogP contribution in [0, 0.1) is 12.7 Å². The van der Waals surface area contributed by atoms with Crippen LogP contribution in [0.15, 0.2) is 78.5 Å². The first-order chi connectivity index (χ1) is 16.4. The van der Waals surface area contributed by atoms with E-state index in [1.807, 2.05) is 31.2 Å². The van der Waals surface area contributed by atoms with Gasteiger partial charge in [-0.25, -0.2) is 9.18 Å². The van der Waals surface area contributed by atoms with E-state index in [2.05, 4.69) is 10.6 Å². The molecule has 2 N–H and O–H groups in total. The molecule has 3 aromatic rings. The number of benzene rings is 3. The summed E-state index contributed by atoms with van der Waals surface area (Å²) in [6.07, 6.45) is 1.52. The highest BCUT2D eigenvalue weighted by atomic mass is 19.1. The summed E-state index contributed by atoms with van der Waals surface area (Å²) in [5.74, 6) is -0.913. The molecule has 1 fully saturated rings. The van der Waals surface area contributed by atoms with E-state index in [-0.39, 0.29) is 18.8 Å². The maximum atomic E-state index is 13.0. The van der Waals surface area contributed by atoms with Crippen LogP contribution in [0.5, 0.6) is 5.75 Å². The molecule has 3 aromatic carbocycles. The van der Waals surface area contributed by atoms with Crippen molar-refractivity contribution in [1.29, 1.82) is 0 Å². The molecule has 1 heterocycles. The molecule has 172 valence electrons. The number of halogens is 1. The van der Waals surface area contributed by atoms with Crippen LogP contribution in [-0.4, -0.2) is 29.4 Å². The number of nitrogens with zero attached hydrogens (tertiary/aromatic N) is 1. The summed E-state index contributed by atoms with van der Waals surface area (Å²) < 4.78 is 18.6. The Labute approximate surface area is 195 Å². The normalized spacial score (nSPS) is 14.3. The molecule has 7 nitrogen and oxygen atoms in total. The quantitative estimate of drug-likeness (QED) is 0.409. The number of hydrogen-bond acceptors (Lipinski definition) is 4. The van der Waals surface area contributed by atoms with Gasteiger partial charge in [0, 0.05) is 11.3 Å². The number of ether oxygens (including phenoxy) is 1. The molecule has 0 atom stereocenters. The maximum Gasteiger partial charge on any atom is 0.329 e. The Bertz CT molecular complexity index is 1250. The summed E-state index contributed by atoms with van der Waals surface area (Å²) in [6, 6.07) is 19.3. The molecule has 4 rings (SSSR count). The first-order valence-corrected chi connectivity index (χ1v) is 10.6. The van der Waals surface area contributed by atoms with Gasteiger partial charge in [0.2, 0.25) is 0 Å². The molecular weight excluding hydrogens is 437 g/mol. The number of aryl methyl sites for hydroxylation is 1. The van der Waals surface area contributed by atoms with Crippen LogP contribution in [0.2, 0.25) is 0 Å². The monoisotopic (exact) mass is 459 g/mol. The van der Waals surface area contributed by atoms with E-state index in [1.165, 1.54) is 30.3 Å². The van der Waals surface area contributed by atoms with Crippen LogP contribution < -0.4 is 15.4 Å². The SMILES string of the molecule is Cc1ccc(CN2C(=O)N/C(=C\c3ccccc3OCC(=O)Nc3ccc(F)cc3)C2=O)cc1. The Kier molecular flexibility index (Phi) is 6.68. The molecule has 1 saturated heterocycles. The number of imide groups is 1. The minimum atomic E-state index is -0.506. The van der Waals surface area contributed by atoms with Crippen LogP contribution in [0.4, 0.5) is 14.9 Å². The van der Waals surface area contributed by atoms with E-state index >= 15 is 0 Å². The van der Waals surface area contributed by atoms with Gasteiger partial charge in [0.15, 0.2) is 6.61 Å². The lowest BCUT2D eigenvalue weighted by Gasteiger charge is -2.12. The lowest BCUT2D eigenvalue weighted by Crippen LogP contribution is -2.30. The van der Waals surface area contributed by atoms with Gasteiger partial charge in [-0.2, -0.15) is 0 Å². The number of carbonyl (C=O) groups is 3. The van der Waals surface area contributed by atoms with Crippen molar-refractivity contribution in [1.82, 2.24) is 10.2 Å². The Hall–Kier alpha value is -4.46. The van der Waals surface area contributed by atoms with Crippen LogP contribution in [0.25, 0.3) is 6.08 Å². The predicted octanol–water partition coefficient (Wildman–Crippen LogP) is 4.24. The number of amides is 4. The topological polar surface area (TPSA) is 87.7 Å². The lowest BCUT2D eigenvalue weighted by molar-refractivity contribution is -0.123. The Morgan fingerprint density at radius 1 is 1.03 bits per heavy atom. The average molecular weight is 459 g/mol. The third kappa shape index (κ3) is 5.47. The second-order valence-corrected chi connectivity index (χ2v) is 7.75. The first-order valence-electron chi connectivity index (χ1n) is 10.6. The molecule has 0 unspecified atom stereocenters. The van der Waals surface area contributed by atoms with Crippen molar-refractivity contribution in [3.05, 3.63) is 101 Å². The zero-order valence-electron chi connectivity index (χ0n) is 18.4. The fraction of sp³-hybridized carbons (Fsp3) is 0.115. The Balaban J connectivity index is 1.43. The highest BCUT2D eigenvalue weighted by Gasteiger charge is 2.33. The van der Waals surface area contributed by atoms with Crippen LogP contribution in [0.3, 0.4) is 0 Å². The van der Waals surface area contributed by atoms with Gasteiger partial charge in [0.05, 0.1) is 6.54 Å². The van der Waals surface area contributed by atoms with E-state index in [0.717, 1.165) is 16.0 Å². The highest BCUT2D eigenvalue weighted by molar-refractivity contribution is 6.14. The molecule has 0 aromatic heterocycles. The molecular formula is C26H22FN3O4. The van der Waals surface area contributed by atoms with Crippen molar-refractivity contribution in [2.45, 2.75) is 13.5 Å². The summed E-state index contributed by atoms with van der Waals surface area (Å²) in [5, 5.41) is 5.21. The zero-order valence-corrected chi connectivity index (χ0v) is 18.4. The molecule has 1 aliphatic heterocycles. The zero-order chi connectivity index (χ0) is 24.1. The Morgan fingerprint density at radius 3 is 2.47 bits per heavy atom. The van der Waals surface area contributed by atoms with Crippen molar-refractivity contribution in [3.8, 4) is 5.75 Å². The fourth-order valence-electron chi connectivity index (χ4n) is 3.35. The number of rotatable bonds is 7. The van der Waals surface area contributed by atoms with Gasteiger partial charge in [-0.3, -0.25) is 14.5 Å². The largest absolute Gasteiger partial charge is 0.483 e. The molecule has 0 bridgehead atoms. The summed E-state index contributed by atoms with van der Waals surface area (Å²) >= 11 is 0. The van der Waals surface area contributed by atoms with E-state index in [0.29, 0.717) is 17.0 Å². The van der Waals surface area contributed by atoms with Gasteiger partial charge in [-0.15, -0.1) is 0 Å². The van der Waals surface area contributed by atoms with Crippen molar-refractivity contribution in [2.75, 3.05) is 11.9 Å². The van der Waals surface area contributed by atoms with Crippen molar-refractivity contribution in [3.63, 3.8) is 0 Å². The molecule has 1 aliphatic rings. The minimum absolute atomic E-state index is 0.115. The molecule has 34 heavy (non-hydrogen) atoms. The number of urea groups is 1. The van der Waals surface area contributed by atoms with Gasteiger partial charge in [-0.05, 0) is 48.9 Å².